The SMILES string of the molecule is CC1(C)OB(c2cc3nc(CCO)n(Cc4ccc(Cl)cc4)c(=O)c3cc2N)OC1(C)C.O=C1OCC2CCCCN12. The minimum atomic E-state index is -0.663. The number of nitrogens with zero attached hydrogens (tertiary/aromatic N) is 3. The van der Waals surface area contributed by atoms with Gasteiger partial charge in [-0.1, -0.05) is 23.7 Å². The highest BCUT2D eigenvalue weighted by molar-refractivity contribution is 6.64. The highest BCUT2D eigenvalue weighted by atomic mass is 35.5. The van der Waals surface area contributed by atoms with Crippen LogP contribution in [0.4, 0.5) is 10.5 Å². The Labute approximate surface area is 250 Å². The molecule has 3 N–H and O–H groups in total. The first-order valence-electron chi connectivity index (χ1n) is 14.4. The molecule has 0 bridgehead atoms. The van der Waals surface area contributed by atoms with Crippen molar-refractivity contribution in [3.05, 3.63) is 63.2 Å². The molecule has 1 aromatic heterocycles. The number of carbonyl (C=O) groups is 1. The molecule has 12 heteroatoms. The Bertz CT molecular complexity index is 1510. The van der Waals surface area contributed by atoms with Gasteiger partial charge in [0.15, 0.2) is 0 Å². The van der Waals surface area contributed by atoms with Crippen molar-refractivity contribution in [2.24, 2.45) is 0 Å². The normalized spacial score (nSPS) is 20.7. The van der Waals surface area contributed by atoms with Crippen molar-refractivity contribution >= 4 is 46.9 Å². The number of hydrogen-bond acceptors (Lipinski definition) is 8. The van der Waals surface area contributed by atoms with Crippen LogP contribution in [0.2, 0.25) is 5.02 Å². The van der Waals surface area contributed by atoms with Crippen molar-refractivity contribution < 1.29 is 23.9 Å². The number of rotatable bonds is 5. The molecule has 224 valence electrons. The van der Waals surface area contributed by atoms with E-state index in [1.165, 1.54) is 6.42 Å². The average molecular weight is 597 g/mol. The summed E-state index contributed by atoms with van der Waals surface area (Å²) in [5, 5.41) is 10.6. The van der Waals surface area contributed by atoms with Gasteiger partial charge in [-0.2, -0.15) is 0 Å². The standard InChI is InChI=1S/C23H27BClN3O4.C7H11NO2/c1-22(2)23(3,4)32-24(31-22)17-12-19-16(11-18(17)26)21(30)28(20(27-19)9-10-29)13-14-5-7-15(25)8-6-14;9-7-8-4-2-1-3-6(8)5-10-7/h5-8,11-12,29H,9-10,13,26H2,1-4H3;6H,1-5H2. The minimum Gasteiger partial charge on any atom is -0.447 e. The van der Waals surface area contributed by atoms with E-state index < -0.39 is 18.3 Å². The molecule has 3 fully saturated rings. The Hall–Kier alpha value is -3.12. The van der Waals surface area contributed by atoms with Crippen LogP contribution in [0.25, 0.3) is 10.9 Å². The van der Waals surface area contributed by atoms with Gasteiger partial charge in [-0.3, -0.25) is 9.36 Å². The number of hydrogen-bond donors (Lipinski definition) is 2. The molecule has 6 rings (SSSR count). The molecule has 0 saturated carbocycles. The van der Waals surface area contributed by atoms with Crippen molar-refractivity contribution in [2.75, 3.05) is 25.5 Å². The summed E-state index contributed by atoms with van der Waals surface area (Å²) in [5.74, 6) is 0.490. The predicted molar refractivity (Wildman–Crippen MR) is 163 cm³/mol. The number of piperidine rings is 1. The molecule has 1 atom stereocenters. The second kappa shape index (κ2) is 11.9. The molecule has 1 amide bonds. The van der Waals surface area contributed by atoms with Crippen LogP contribution in [0.5, 0.6) is 0 Å². The maximum atomic E-state index is 13.4. The Morgan fingerprint density at radius 1 is 1.10 bits per heavy atom. The number of benzene rings is 2. The lowest BCUT2D eigenvalue weighted by Crippen LogP contribution is -2.41. The van der Waals surface area contributed by atoms with E-state index in [4.69, 9.17) is 36.4 Å². The predicted octanol–water partition coefficient (Wildman–Crippen LogP) is 3.51. The van der Waals surface area contributed by atoms with E-state index in [2.05, 4.69) is 0 Å². The van der Waals surface area contributed by atoms with Gasteiger partial charge in [0.2, 0.25) is 0 Å². The molecule has 3 saturated heterocycles. The number of carbonyl (C=O) groups excluding carboxylic acids is 1. The summed E-state index contributed by atoms with van der Waals surface area (Å²) in [7, 11) is -0.663. The monoisotopic (exact) mass is 596 g/mol. The van der Waals surface area contributed by atoms with Crippen molar-refractivity contribution in [3.63, 3.8) is 0 Å². The molecule has 42 heavy (non-hydrogen) atoms. The molecular formula is C30H38BClN4O6. The summed E-state index contributed by atoms with van der Waals surface area (Å²) < 4.78 is 18.7. The molecule has 4 heterocycles. The Kier molecular flexibility index (Phi) is 8.58. The van der Waals surface area contributed by atoms with Gasteiger partial charge in [-0.25, -0.2) is 9.78 Å². The van der Waals surface area contributed by atoms with Gasteiger partial charge in [0.25, 0.3) is 5.56 Å². The number of halogens is 1. The highest BCUT2D eigenvalue weighted by Crippen LogP contribution is 2.37. The zero-order valence-electron chi connectivity index (χ0n) is 24.6. The number of fused-ring (bicyclic) bond motifs is 2. The van der Waals surface area contributed by atoms with E-state index in [9.17, 15) is 14.7 Å². The molecular weight excluding hydrogens is 559 g/mol. The topological polar surface area (TPSA) is 129 Å². The summed E-state index contributed by atoms with van der Waals surface area (Å²) in [5.41, 5.74) is 7.51. The summed E-state index contributed by atoms with van der Waals surface area (Å²) in [6.45, 7) is 9.59. The van der Waals surface area contributed by atoms with E-state index in [0.29, 0.717) is 52.1 Å². The van der Waals surface area contributed by atoms with E-state index in [0.717, 1.165) is 24.9 Å². The number of nitrogens with two attached hydrogens (primary N) is 1. The van der Waals surface area contributed by atoms with E-state index in [1.807, 2.05) is 44.7 Å². The molecule has 1 unspecified atom stereocenters. The second-order valence-electron chi connectivity index (χ2n) is 12.0. The number of ether oxygens (including phenoxy) is 1. The zero-order valence-corrected chi connectivity index (χ0v) is 25.3. The molecule has 0 aliphatic carbocycles. The van der Waals surface area contributed by atoms with Crippen LogP contribution in [0.15, 0.2) is 41.2 Å². The first kappa shape index (κ1) is 30.3. The summed E-state index contributed by atoms with van der Waals surface area (Å²) in [6.07, 6.45) is 3.66. The third-order valence-corrected chi connectivity index (χ3v) is 8.85. The first-order valence-corrected chi connectivity index (χ1v) is 14.7. The molecule has 3 aromatic rings. The Balaban J connectivity index is 0.000000295. The van der Waals surface area contributed by atoms with Gasteiger partial charge >= 0.3 is 13.2 Å². The van der Waals surface area contributed by atoms with Crippen LogP contribution in [-0.4, -0.2) is 69.8 Å². The number of cyclic esters (lactones) is 1. The van der Waals surface area contributed by atoms with Gasteiger partial charge in [0.1, 0.15) is 12.4 Å². The van der Waals surface area contributed by atoms with Crippen LogP contribution in [-0.2, 0) is 27.0 Å². The Morgan fingerprint density at radius 2 is 1.79 bits per heavy atom. The number of anilines is 1. The fourth-order valence-electron chi connectivity index (χ4n) is 5.41. The van der Waals surface area contributed by atoms with Crippen LogP contribution < -0.4 is 16.8 Å². The van der Waals surface area contributed by atoms with Gasteiger partial charge < -0.3 is 29.8 Å². The zero-order chi connectivity index (χ0) is 30.2. The smallest absolute Gasteiger partial charge is 0.447 e. The van der Waals surface area contributed by atoms with Crippen LogP contribution in [0.3, 0.4) is 0 Å². The van der Waals surface area contributed by atoms with Gasteiger partial charge in [-0.15, -0.1) is 0 Å². The lowest BCUT2D eigenvalue weighted by Gasteiger charge is -2.32. The third kappa shape index (κ3) is 6.01. The number of aromatic nitrogens is 2. The van der Waals surface area contributed by atoms with Gasteiger partial charge in [-0.05, 0) is 76.8 Å². The molecule has 3 aliphatic rings. The molecule has 0 spiro atoms. The first-order chi connectivity index (χ1) is 19.9. The molecule has 2 aromatic carbocycles. The lowest BCUT2D eigenvalue weighted by atomic mass is 9.77. The number of amides is 1. The van der Waals surface area contributed by atoms with E-state index in [1.54, 1.807) is 28.8 Å². The van der Waals surface area contributed by atoms with Crippen molar-refractivity contribution in [1.82, 2.24) is 14.5 Å². The van der Waals surface area contributed by atoms with Gasteiger partial charge in [0, 0.05) is 29.1 Å². The quantitative estimate of drug-likeness (QED) is 0.338. The van der Waals surface area contributed by atoms with Crippen LogP contribution >= 0.6 is 11.6 Å². The van der Waals surface area contributed by atoms with Crippen LogP contribution in [0.1, 0.15) is 58.3 Å². The second-order valence-corrected chi connectivity index (χ2v) is 12.5. The lowest BCUT2D eigenvalue weighted by molar-refractivity contribution is 0.00578. The number of aliphatic hydroxyl groups excluding tert-OH is 1. The minimum absolute atomic E-state index is 0.107. The van der Waals surface area contributed by atoms with E-state index in [-0.39, 0.29) is 24.7 Å². The fraction of sp³-hybridized carbons (Fsp3) is 0.500. The fourth-order valence-corrected chi connectivity index (χ4v) is 5.54. The highest BCUT2D eigenvalue weighted by Gasteiger charge is 2.52. The molecule has 10 nitrogen and oxygen atoms in total. The summed E-state index contributed by atoms with van der Waals surface area (Å²) in [6, 6.07) is 11.1. The average Bonchev–Trinajstić information content (AvgIpc) is 3.42. The number of nitrogen functional groups attached to an aromatic ring is 1. The van der Waals surface area contributed by atoms with Crippen molar-refractivity contribution in [2.45, 2.75) is 77.2 Å². The van der Waals surface area contributed by atoms with Crippen molar-refractivity contribution in [3.8, 4) is 0 Å². The maximum Gasteiger partial charge on any atom is 0.497 e. The summed E-state index contributed by atoms with van der Waals surface area (Å²) >= 11 is 5.98. The Morgan fingerprint density at radius 3 is 2.43 bits per heavy atom. The number of aliphatic hydroxyl groups is 1. The van der Waals surface area contributed by atoms with Crippen LogP contribution in [0, 0.1) is 0 Å². The largest absolute Gasteiger partial charge is 0.497 e. The molecule has 3 aliphatic heterocycles. The third-order valence-electron chi connectivity index (χ3n) is 8.60. The van der Waals surface area contributed by atoms with Crippen molar-refractivity contribution in [1.29, 1.82) is 0 Å². The maximum absolute atomic E-state index is 13.4. The van der Waals surface area contributed by atoms with Gasteiger partial charge in [0.05, 0.1) is 41.3 Å². The van der Waals surface area contributed by atoms with E-state index >= 15 is 0 Å². The summed E-state index contributed by atoms with van der Waals surface area (Å²) in [4.78, 5) is 30.8. The molecule has 0 radical (unpaired) electrons.